The van der Waals surface area contributed by atoms with E-state index >= 15 is 0 Å². The summed E-state index contributed by atoms with van der Waals surface area (Å²) < 4.78 is 0. The Morgan fingerprint density at radius 1 is 0.222 bits per heavy atom. The van der Waals surface area contributed by atoms with Crippen LogP contribution in [-0.2, 0) is 0 Å². The van der Waals surface area contributed by atoms with Crippen LogP contribution in [0.2, 0.25) is 0 Å². The number of hydrogen-bond donors (Lipinski definition) is 0. The minimum Gasteiger partial charge on any atom is -0.0616 e. The lowest BCUT2D eigenvalue weighted by Gasteiger charge is -2.18. The van der Waals surface area contributed by atoms with Crippen LogP contribution in [0.25, 0.3) is 89.4 Å². The maximum atomic E-state index is 2.34. The molecule has 54 heavy (non-hydrogen) atoms. The van der Waals surface area contributed by atoms with Crippen LogP contribution in [0.1, 0.15) is 33.4 Å². The van der Waals surface area contributed by atoms with Gasteiger partial charge < -0.3 is 0 Å². The van der Waals surface area contributed by atoms with E-state index in [4.69, 9.17) is 0 Å². The molecule has 2 aliphatic rings. The molecule has 0 fully saturated rings. The highest BCUT2D eigenvalue weighted by Crippen LogP contribution is 2.47. The van der Waals surface area contributed by atoms with E-state index in [0.29, 0.717) is 0 Å². The SMILES string of the molecule is C(=C1c2ccccc2-c2ccccc21)c1ccc(-c2c3ccccc3c(-c3ccc(C=C4c5ccccc5-c5ccccc54)cc3)c3ccccc23)cc1. The van der Waals surface area contributed by atoms with Crippen molar-refractivity contribution in [3.63, 3.8) is 0 Å². The molecule has 250 valence electrons. The molecule has 2 aliphatic carbocycles. The van der Waals surface area contributed by atoms with E-state index in [2.05, 4.69) is 206 Å². The molecule has 0 radical (unpaired) electrons. The summed E-state index contributed by atoms with van der Waals surface area (Å²) in [6.07, 6.45) is 4.69. The monoisotopic (exact) mass is 682 g/mol. The van der Waals surface area contributed by atoms with Crippen molar-refractivity contribution in [1.29, 1.82) is 0 Å². The van der Waals surface area contributed by atoms with E-state index in [9.17, 15) is 0 Å². The molecule has 9 aromatic rings. The third-order valence-electron chi connectivity index (χ3n) is 11.4. The van der Waals surface area contributed by atoms with Crippen molar-refractivity contribution in [2.45, 2.75) is 0 Å². The van der Waals surface area contributed by atoms with Crippen LogP contribution < -0.4 is 0 Å². The molecule has 0 heteroatoms. The first kappa shape index (κ1) is 30.6. The Morgan fingerprint density at radius 3 is 0.741 bits per heavy atom. The second kappa shape index (κ2) is 12.3. The predicted octanol–water partition coefficient (Wildman–Crippen LogP) is 14.5. The Balaban J connectivity index is 1.00. The van der Waals surface area contributed by atoms with Crippen LogP contribution in [0.3, 0.4) is 0 Å². The Morgan fingerprint density at radius 2 is 0.463 bits per heavy atom. The van der Waals surface area contributed by atoms with E-state index < -0.39 is 0 Å². The average molecular weight is 683 g/mol. The van der Waals surface area contributed by atoms with E-state index in [1.807, 2.05) is 0 Å². The number of fused-ring (bicyclic) bond motifs is 8. The number of benzene rings is 9. The quantitative estimate of drug-likeness (QED) is 0.162. The van der Waals surface area contributed by atoms with E-state index in [0.717, 1.165) is 0 Å². The van der Waals surface area contributed by atoms with Gasteiger partial charge in [0.25, 0.3) is 0 Å². The summed E-state index contributed by atoms with van der Waals surface area (Å²) in [7, 11) is 0. The Bertz CT molecular complexity index is 2650. The minimum atomic E-state index is 1.20. The molecule has 0 nitrogen and oxygen atoms in total. The molecule has 0 heterocycles. The van der Waals surface area contributed by atoms with Gasteiger partial charge in [0, 0.05) is 0 Å². The summed E-state index contributed by atoms with van der Waals surface area (Å²) in [5.41, 5.74) is 20.4. The molecule has 9 aromatic carbocycles. The van der Waals surface area contributed by atoms with Gasteiger partial charge in [0.15, 0.2) is 0 Å². The number of hydrogen-bond acceptors (Lipinski definition) is 0. The van der Waals surface area contributed by atoms with Gasteiger partial charge in [-0.3, -0.25) is 0 Å². The van der Waals surface area contributed by atoms with Gasteiger partial charge in [0.05, 0.1) is 0 Å². The number of rotatable bonds is 4. The fourth-order valence-corrected chi connectivity index (χ4v) is 8.99. The summed E-state index contributed by atoms with van der Waals surface area (Å²) in [5.74, 6) is 0. The van der Waals surface area contributed by atoms with Crippen molar-refractivity contribution in [2.75, 3.05) is 0 Å². The Labute approximate surface area is 315 Å². The van der Waals surface area contributed by atoms with Crippen molar-refractivity contribution >= 4 is 44.8 Å². The first-order valence-electron chi connectivity index (χ1n) is 18.8. The third-order valence-corrected chi connectivity index (χ3v) is 11.4. The van der Waals surface area contributed by atoms with Crippen molar-refractivity contribution in [2.24, 2.45) is 0 Å². The molecular formula is C54H34. The second-order valence-electron chi connectivity index (χ2n) is 14.4. The fraction of sp³-hybridized carbons (Fsp3) is 0. The fourth-order valence-electron chi connectivity index (χ4n) is 8.99. The van der Waals surface area contributed by atoms with E-state index in [1.165, 1.54) is 111 Å². The Kier molecular flexibility index (Phi) is 6.97. The maximum absolute atomic E-state index is 2.34. The van der Waals surface area contributed by atoms with Crippen LogP contribution >= 0.6 is 0 Å². The summed E-state index contributed by atoms with van der Waals surface area (Å²) in [6, 6.07) is 71.2. The lowest BCUT2D eigenvalue weighted by Crippen LogP contribution is -1.91. The van der Waals surface area contributed by atoms with Crippen molar-refractivity contribution in [3.8, 4) is 44.5 Å². The van der Waals surface area contributed by atoms with Gasteiger partial charge in [-0.05, 0) is 123 Å². The van der Waals surface area contributed by atoms with Gasteiger partial charge >= 0.3 is 0 Å². The highest BCUT2D eigenvalue weighted by atomic mass is 14.3. The normalized spacial score (nSPS) is 12.4. The molecule has 0 spiro atoms. The molecule has 0 saturated carbocycles. The maximum Gasteiger partial charge on any atom is -0.00264 e. The molecule has 11 rings (SSSR count). The van der Waals surface area contributed by atoms with Crippen molar-refractivity contribution in [3.05, 3.63) is 228 Å². The van der Waals surface area contributed by atoms with Crippen LogP contribution in [-0.4, -0.2) is 0 Å². The largest absolute Gasteiger partial charge is 0.0616 e. The van der Waals surface area contributed by atoms with Crippen LogP contribution in [0.15, 0.2) is 194 Å². The van der Waals surface area contributed by atoms with Gasteiger partial charge in [-0.15, -0.1) is 0 Å². The molecule has 0 aliphatic heterocycles. The van der Waals surface area contributed by atoms with E-state index in [1.54, 1.807) is 0 Å². The zero-order valence-corrected chi connectivity index (χ0v) is 29.6. The highest BCUT2D eigenvalue weighted by molar-refractivity contribution is 6.21. The van der Waals surface area contributed by atoms with Crippen LogP contribution in [0, 0.1) is 0 Å². The highest BCUT2D eigenvalue weighted by Gasteiger charge is 2.24. The van der Waals surface area contributed by atoms with Crippen molar-refractivity contribution < 1.29 is 0 Å². The molecule has 0 atom stereocenters. The molecule has 0 N–H and O–H groups in total. The molecule has 0 aromatic heterocycles. The summed E-state index contributed by atoms with van der Waals surface area (Å²) in [4.78, 5) is 0. The summed E-state index contributed by atoms with van der Waals surface area (Å²) >= 11 is 0. The van der Waals surface area contributed by atoms with Crippen LogP contribution in [0.5, 0.6) is 0 Å². The zero-order chi connectivity index (χ0) is 35.6. The van der Waals surface area contributed by atoms with Gasteiger partial charge in [-0.25, -0.2) is 0 Å². The van der Waals surface area contributed by atoms with Crippen molar-refractivity contribution in [1.82, 2.24) is 0 Å². The van der Waals surface area contributed by atoms with E-state index in [-0.39, 0.29) is 0 Å². The molecule has 0 saturated heterocycles. The van der Waals surface area contributed by atoms with Gasteiger partial charge in [0.2, 0.25) is 0 Å². The standard InChI is InChI=1S/C54H34/c1-5-17-43-39(13-1)40-14-2-6-18-44(40)51(43)33-35-25-29-37(30-26-35)53-47-21-9-11-23-49(47)54(50-24-12-10-22-48(50)53)38-31-27-36(28-32-38)34-52-45-19-7-3-15-41(45)42-16-4-8-20-46(42)52/h1-34H. The molecule has 0 bridgehead atoms. The predicted molar refractivity (Wildman–Crippen MR) is 230 cm³/mol. The molecular weight excluding hydrogens is 649 g/mol. The summed E-state index contributed by atoms with van der Waals surface area (Å²) in [6.45, 7) is 0. The Hall–Kier alpha value is -7.02. The van der Waals surface area contributed by atoms with Gasteiger partial charge in [-0.1, -0.05) is 194 Å². The third kappa shape index (κ3) is 4.78. The minimum absolute atomic E-state index is 1.20. The zero-order valence-electron chi connectivity index (χ0n) is 29.6. The lowest BCUT2D eigenvalue weighted by molar-refractivity contribution is 1.61. The van der Waals surface area contributed by atoms with Gasteiger partial charge in [-0.2, -0.15) is 0 Å². The summed E-state index contributed by atoms with van der Waals surface area (Å²) in [5, 5.41) is 5.06. The second-order valence-corrected chi connectivity index (χ2v) is 14.4. The van der Waals surface area contributed by atoms with Gasteiger partial charge in [0.1, 0.15) is 0 Å². The molecule has 0 amide bonds. The first-order chi connectivity index (χ1) is 26.8. The topological polar surface area (TPSA) is 0 Å². The average Bonchev–Trinajstić information content (AvgIpc) is 3.73. The first-order valence-corrected chi connectivity index (χ1v) is 18.8. The smallest absolute Gasteiger partial charge is 0.00264 e. The lowest BCUT2D eigenvalue weighted by atomic mass is 9.85. The van der Waals surface area contributed by atoms with Crippen LogP contribution in [0.4, 0.5) is 0 Å². The molecule has 0 unspecified atom stereocenters.